The molecule has 1 heterocycles. The number of aromatic nitrogens is 1. The fraction of sp³-hybridized carbons (Fsp3) is 0.333. The summed E-state index contributed by atoms with van der Waals surface area (Å²) in [6, 6.07) is 16.9. The Hall–Kier alpha value is -4.78. The summed E-state index contributed by atoms with van der Waals surface area (Å²) in [5.41, 5.74) is 5.99. The predicted octanol–water partition coefficient (Wildman–Crippen LogP) is 5.69. The van der Waals surface area contributed by atoms with Crippen molar-refractivity contribution in [2.24, 2.45) is 0 Å². The number of pyridine rings is 1. The van der Waals surface area contributed by atoms with Crippen LogP contribution in [0.4, 0.5) is 10.6 Å². The second kappa shape index (κ2) is 12.4. The first-order valence-corrected chi connectivity index (χ1v) is 13.1. The standard InChI is InChI=1S/C30H33N5O5/c1-30(2,3)40-29(37)35-22-8-6-21(7-9-22)34-28(36)20-14-25(38-23-10-4-19(17-31)5-11-23)16-26(15-20)39-24-12-13-27(32)33-18-24/h4-5,10-16,18,21-22H,6-9H2,1-3H3,(H2,32,33)(H,34,36)(H,35,37). The highest BCUT2D eigenvalue weighted by Gasteiger charge is 2.26. The molecule has 10 heteroatoms. The van der Waals surface area contributed by atoms with Crippen LogP contribution in [0.2, 0.25) is 0 Å². The molecule has 1 aliphatic carbocycles. The van der Waals surface area contributed by atoms with E-state index in [2.05, 4.69) is 21.7 Å². The summed E-state index contributed by atoms with van der Waals surface area (Å²) < 4.78 is 17.3. The molecular weight excluding hydrogens is 510 g/mol. The van der Waals surface area contributed by atoms with E-state index in [1.807, 2.05) is 20.8 Å². The van der Waals surface area contributed by atoms with Gasteiger partial charge in [0.2, 0.25) is 0 Å². The Kier molecular flexibility index (Phi) is 8.74. The van der Waals surface area contributed by atoms with Gasteiger partial charge in [0, 0.05) is 23.7 Å². The minimum Gasteiger partial charge on any atom is -0.457 e. The smallest absolute Gasteiger partial charge is 0.407 e. The molecule has 1 saturated carbocycles. The summed E-state index contributed by atoms with van der Waals surface area (Å²) in [6.07, 6.45) is 3.95. The molecule has 1 aliphatic rings. The predicted molar refractivity (Wildman–Crippen MR) is 149 cm³/mol. The van der Waals surface area contributed by atoms with Crippen LogP contribution in [-0.4, -0.2) is 34.7 Å². The third kappa shape index (κ3) is 8.36. The Morgan fingerprint density at radius 2 is 1.45 bits per heavy atom. The van der Waals surface area contributed by atoms with E-state index in [1.54, 1.807) is 54.6 Å². The van der Waals surface area contributed by atoms with E-state index in [1.165, 1.54) is 6.20 Å². The van der Waals surface area contributed by atoms with E-state index in [0.717, 1.165) is 12.8 Å². The Bertz CT molecular complexity index is 1370. The van der Waals surface area contributed by atoms with Crippen LogP contribution in [0.15, 0.2) is 60.8 Å². The summed E-state index contributed by atoms with van der Waals surface area (Å²) in [7, 11) is 0. The number of amides is 2. The highest BCUT2D eigenvalue weighted by atomic mass is 16.6. The van der Waals surface area contributed by atoms with Gasteiger partial charge in [-0.1, -0.05) is 0 Å². The molecule has 2 amide bonds. The number of rotatable bonds is 7. The number of nitrogens with zero attached hydrogens (tertiary/aromatic N) is 2. The number of nitriles is 1. The molecule has 0 unspecified atom stereocenters. The Balaban J connectivity index is 1.44. The molecule has 0 radical (unpaired) electrons. The zero-order valence-corrected chi connectivity index (χ0v) is 22.8. The fourth-order valence-corrected chi connectivity index (χ4v) is 4.27. The molecule has 3 aromatic rings. The number of alkyl carbamates (subject to hydrolysis) is 1. The molecule has 208 valence electrons. The molecule has 4 N–H and O–H groups in total. The lowest BCUT2D eigenvalue weighted by atomic mass is 9.91. The van der Waals surface area contributed by atoms with Crippen molar-refractivity contribution in [2.45, 2.75) is 64.1 Å². The maximum atomic E-state index is 13.3. The van der Waals surface area contributed by atoms with Crippen molar-refractivity contribution < 1.29 is 23.8 Å². The molecule has 0 bridgehead atoms. The van der Waals surface area contributed by atoms with Crippen LogP contribution in [0.1, 0.15) is 62.4 Å². The first-order chi connectivity index (χ1) is 19.1. The van der Waals surface area contributed by atoms with Gasteiger partial charge in [0.1, 0.15) is 34.4 Å². The van der Waals surface area contributed by atoms with Crippen LogP contribution in [-0.2, 0) is 4.74 Å². The van der Waals surface area contributed by atoms with Crippen molar-refractivity contribution in [3.05, 3.63) is 71.9 Å². The topological polar surface area (TPSA) is 149 Å². The zero-order chi connectivity index (χ0) is 28.7. The summed E-state index contributed by atoms with van der Waals surface area (Å²) in [5.74, 6) is 1.82. The minimum atomic E-state index is -0.555. The molecule has 0 saturated heterocycles. The highest BCUT2D eigenvalue weighted by Crippen LogP contribution is 2.31. The van der Waals surface area contributed by atoms with Gasteiger partial charge in [-0.05, 0) is 95.0 Å². The van der Waals surface area contributed by atoms with Crippen LogP contribution in [0.3, 0.4) is 0 Å². The summed E-state index contributed by atoms with van der Waals surface area (Å²) in [5, 5.41) is 15.1. The van der Waals surface area contributed by atoms with Crippen LogP contribution in [0.5, 0.6) is 23.0 Å². The molecular formula is C30H33N5O5. The average Bonchev–Trinajstić information content (AvgIpc) is 2.90. The van der Waals surface area contributed by atoms with Crippen molar-refractivity contribution in [1.29, 1.82) is 5.26 Å². The van der Waals surface area contributed by atoms with Crippen molar-refractivity contribution >= 4 is 17.8 Å². The average molecular weight is 544 g/mol. The minimum absolute atomic E-state index is 0.000623. The number of nitrogens with one attached hydrogen (secondary N) is 2. The molecule has 1 fully saturated rings. The SMILES string of the molecule is CC(C)(C)OC(=O)NC1CCC(NC(=O)c2cc(Oc3ccc(C#N)cc3)cc(Oc3ccc(N)nc3)c2)CC1. The van der Waals surface area contributed by atoms with E-state index in [0.29, 0.717) is 52.8 Å². The van der Waals surface area contributed by atoms with E-state index in [4.69, 9.17) is 25.2 Å². The van der Waals surface area contributed by atoms with Gasteiger partial charge in [-0.15, -0.1) is 0 Å². The largest absolute Gasteiger partial charge is 0.457 e. The molecule has 4 rings (SSSR count). The van der Waals surface area contributed by atoms with Gasteiger partial charge in [0.15, 0.2) is 0 Å². The summed E-state index contributed by atoms with van der Waals surface area (Å²) in [4.78, 5) is 29.4. The lowest BCUT2D eigenvalue weighted by Crippen LogP contribution is -2.45. The van der Waals surface area contributed by atoms with Crippen LogP contribution in [0, 0.1) is 11.3 Å². The Morgan fingerprint density at radius 1 is 0.875 bits per heavy atom. The van der Waals surface area contributed by atoms with Crippen molar-refractivity contribution in [3.63, 3.8) is 0 Å². The van der Waals surface area contributed by atoms with Crippen LogP contribution >= 0.6 is 0 Å². The molecule has 2 aromatic carbocycles. The lowest BCUT2D eigenvalue weighted by Gasteiger charge is -2.30. The van der Waals surface area contributed by atoms with Gasteiger partial charge in [-0.3, -0.25) is 4.79 Å². The van der Waals surface area contributed by atoms with Gasteiger partial charge in [-0.2, -0.15) is 5.26 Å². The molecule has 1 aromatic heterocycles. The van der Waals surface area contributed by atoms with Gasteiger partial charge >= 0.3 is 6.09 Å². The second-order valence-corrected chi connectivity index (χ2v) is 10.6. The normalized spacial score (nSPS) is 16.8. The zero-order valence-electron chi connectivity index (χ0n) is 22.8. The number of hydrogen-bond acceptors (Lipinski definition) is 8. The molecule has 10 nitrogen and oxygen atoms in total. The van der Waals surface area contributed by atoms with Crippen molar-refractivity contribution in [3.8, 4) is 29.1 Å². The molecule has 0 atom stereocenters. The van der Waals surface area contributed by atoms with Crippen LogP contribution in [0.25, 0.3) is 0 Å². The van der Waals surface area contributed by atoms with Crippen molar-refractivity contribution in [2.75, 3.05) is 5.73 Å². The third-order valence-corrected chi connectivity index (χ3v) is 6.14. The number of carbonyl (C=O) groups excluding carboxylic acids is 2. The summed E-state index contributed by atoms with van der Waals surface area (Å²) >= 11 is 0. The highest BCUT2D eigenvalue weighted by molar-refractivity contribution is 5.95. The number of anilines is 1. The van der Waals surface area contributed by atoms with Gasteiger partial charge in [0.05, 0.1) is 17.8 Å². The number of ether oxygens (including phenoxy) is 3. The van der Waals surface area contributed by atoms with Crippen molar-refractivity contribution in [1.82, 2.24) is 15.6 Å². The van der Waals surface area contributed by atoms with E-state index in [9.17, 15) is 9.59 Å². The van der Waals surface area contributed by atoms with Gasteiger partial charge < -0.3 is 30.6 Å². The number of nitrogen functional groups attached to an aromatic ring is 1. The molecule has 0 aliphatic heterocycles. The Labute approximate surface area is 233 Å². The molecule has 0 spiro atoms. The van der Waals surface area contributed by atoms with E-state index < -0.39 is 11.7 Å². The van der Waals surface area contributed by atoms with E-state index in [-0.39, 0.29) is 18.0 Å². The monoisotopic (exact) mass is 543 g/mol. The van der Waals surface area contributed by atoms with Crippen LogP contribution < -0.4 is 25.8 Å². The number of benzene rings is 2. The fourth-order valence-electron chi connectivity index (χ4n) is 4.27. The Morgan fingerprint density at radius 3 is 2.00 bits per heavy atom. The number of carbonyl (C=O) groups is 2. The van der Waals surface area contributed by atoms with Gasteiger partial charge in [0.25, 0.3) is 5.91 Å². The maximum absolute atomic E-state index is 13.3. The quantitative estimate of drug-likeness (QED) is 0.344. The summed E-state index contributed by atoms with van der Waals surface area (Å²) in [6.45, 7) is 5.48. The number of hydrogen-bond donors (Lipinski definition) is 3. The van der Waals surface area contributed by atoms with Gasteiger partial charge in [-0.25, -0.2) is 9.78 Å². The third-order valence-electron chi connectivity index (χ3n) is 6.14. The van der Waals surface area contributed by atoms with E-state index >= 15 is 0 Å². The molecule has 40 heavy (non-hydrogen) atoms. The first kappa shape index (κ1) is 28.2. The number of nitrogens with two attached hydrogens (primary N) is 1. The first-order valence-electron chi connectivity index (χ1n) is 13.1. The maximum Gasteiger partial charge on any atom is 0.407 e. The lowest BCUT2D eigenvalue weighted by molar-refractivity contribution is 0.0488. The second-order valence-electron chi connectivity index (χ2n) is 10.6.